The second kappa shape index (κ2) is 6.99. The van der Waals surface area contributed by atoms with E-state index in [-0.39, 0.29) is 10.8 Å². The third-order valence-electron chi connectivity index (χ3n) is 3.21. The number of amides is 1. The van der Waals surface area contributed by atoms with E-state index in [0.717, 1.165) is 11.3 Å². The highest BCUT2D eigenvalue weighted by atomic mass is 35.5. The Morgan fingerprint density at radius 3 is 2.80 bits per heavy atom. The predicted octanol–water partition coefficient (Wildman–Crippen LogP) is 2.72. The molecule has 0 fully saturated rings. The molecule has 0 atom stereocenters. The molecule has 0 aliphatic carbocycles. The zero-order chi connectivity index (χ0) is 18.0. The van der Waals surface area contributed by atoms with Crippen molar-refractivity contribution in [3.8, 4) is 5.69 Å². The number of esters is 1. The molecule has 10 heteroatoms. The van der Waals surface area contributed by atoms with Crippen LogP contribution in [0.1, 0.15) is 25.9 Å². The number of ether oxygens (including phenoxy) is 1. The van der Waals surface area contributed by atoms with Gasteiger partial charge in [0.05, 0.1) is 29.7 Å². The van der Waals surface area contributed by atoms with Gasteiger partial charge in [-0.2, -0.15) is 0 Å². The lowest BCUT2D eigenvalue weighted by atomic mass is 10.3. The summed E-state index contributed by atoms with van der Waals surface area (Å²) in [6.45, 7) is 1.66. The van der Waals surface area contributed by atoms with Gasteiger partial charge in [-0.25, -0.2) is 14.5 Å². The monoisotopic (exact) mass is 377 g/mol. The number of carbonyl (C=O) groups excluding carboxylic acids is 2. The highest BCUT2D eigenvalue weighted by molar-refractivity contribution is 7.17. The maximum atomic E-state index is 12.3. The van der Waals surface area contributed by atoms with E-state index < -0.39 is 11.9 Å². The third-order valence-corrected chi connectivity index (χ3v) is 4.59. The summed E-state index contributed by atoms with van der Waals surface area (Å²) in [5.41, 5.74) is 1.17. The van der Waals surface area contributed by atoms with E-state index in [1.165, 1.54) is 18.0 Å². The maximum absolute atomic E-state index is 12.3. The van der Waals surface area contributed by atoms with Crippen molar-refractivity contribution in [2.24, 2.45) is 0 Å². The second-order valence-corrected chi connectivity index (χ2v) is 6.29. The number of carbonyl (C=O) groups is 2. The summed E-state index contributed by atoms with van der Waals surface area (Å²) >= 11 is 7.13. The van der Waals surface area contributed by atoms with Crippen molar-refractivity contribution in [3.05, 3.63) is 51.7 Å². The van der Waals surface area contributed by atoms with Gasteiger partial charge in [0.1, 0.15) is 4.88 Å². The molecular weight excluding hydrogens is 366 g/mol. The highest BCUT2D eigenvalue weighted by Gasteiger charge is 2.19. The first-order valence-electron chi connectivity index (χ1n) is 7.04. The summed E-state index contributed by atoms with van der Waals surface area (Å²) < 4.78 is 6.07. The van der Waals surface area contributed by atoms with Gasteiger partial charge in [0, 0.05) is 0 Å². The quantitative estimate of drug-likeness (QED) is 0.702. The van der Waals surface area contributed by atoms with Crippen molar-refractivity contribution >= 4 is 39.9 Å². The molecule has 0 saturated heterocycles. The average molecular weight is 378 g/mol. The molecule has 25 heavy (non-hydrogen) atoms. The highest BCUT2D eigenvalue weighted by Crippen LogP contribution is 2.24. The largest absolute Gasteiger partial charge is 0.465 e. The number of methoxy groups -OCH3 is 1. The molecule has 0 aliphatic heterocycles. The van der Waals surface area contributed by atoms with Crippen molar-refractivity contribution in [2.75, 3.05) is 12.4 Å². The van der Waals surface area contributed by atoms with Crippen molar-refractivity contribution in [1.29, 1.82) is 0 Å². The molecule has 0 aliphatic rings. The molecule has 0 unspecified atom stereocenters. The van der Waals surface area contributed by atoms with Crippen LogP contribution < -0.4 is 5.32 Å². The van der Waals surface area contributed by atoms with Gasteiger partial charge in [0.15, 0.2) is 10.8 Å². The van der Waals surface area contributed by atoms with E-state index in [0.29, 0.717) is 21.3 Å². The summed E-state index contributed by atoms with van der Waals surface area (Å²) in [4.78, 5) is 28.4. The van der Waals surface area contributed by atoms with Crippen LogP contribution in [0.25, 0.3) is 5.69 Å². The van der Waals surface area contributed by atoms with Crippen LogP contribution in [-0.2, 0) is 4.74 Å². The number of anilines is 1. The fourth-order valence-electron chi connectivity index (χ4n) is 2.02. The molecule has 0 radical (unpaired) electrons. The molecule has 8 nitrogen and oxygen atoms in total. The second-order valence-electron chi connectivity index (χ2n) is 4.88. The smallest absolute Gasteiger partial charge is 0.350 e. The van der Waals surface area contributed by atoms with Crippen LogP contribution in [0.3, 0.4) is 0 Å². The van der Waals surface area contributed by atoms with Crippen LogP contribution in [0.5, 0.6) is 0 Å². The topological polar surface area (TPSA) is 99.0 Å². The summed E-state index contributed by atoms with van der Waals surface area (Å²) in [6, 6.07) is 7.06. The first-order valence-corrected chi connectivity index (χ1v) is 8.23. The molecule has 1 amide bonds. The number of rotatable bonds is 4. The standard InChI is InChI=1S/C15H12ClN5O3S/c1-8-12(14(23)24-2)25-15(17-8)18-13(22)10-7-21(20-19-10)11-6-4-3-5-9(11)16/h3-7H,1-2H3,(H,17,18,22). The number of para-hydroxylation sites is 1. The molecule has 2 heterocycles. The van der Waals surface area contributed by atoms with Crippen LogP contribution in [0, 0.1) is 6.92 Å². The van der Waals surface area contributed by atoms with Gasteiger partial charge in [-0.1, -0.05) is 40.3 Å². The van der Waals surface area contributed by atoms with Gasteiger partial charge < -0.3 is 4.74 Å². The molecule has 0 bridgehead atoms. The van der Waals surface area contributed by atoms with Crippen molar-refractivity contribution in [1.82, 2.24) is 20.0 Å². The number of hydrogen-bond acceptors (Lipinski definition) is 7. The summed E-state index contributed by atoms with van der Waals surface area (Å²) in [5, 5.41) is 11.1. The molecule has 2 aromatic heterocycles. The summed E-state index contributed by atoms with van der Waals surface area (Å²) in [6.07, 6.45) is 1.46. The molecule has 128 valence electrons. The van der Waals surface area contributed by atoms with Crippen LogP contribution >= 0.6 is 22.9 Å². The Kier molecular flexibility index (Phi) is 4.77. The van der Waals surface area contributed by atoms with E-state index in [4.69, 9.17) is 11.6 Å². The summed E-state index contributed by atoms with van der Waals surface area (Å²) in [7, 11) is 1.28. The maximum Gasteiger partial charge on any atom is 0.350 e. The number of nitrogens with one attached hydrogen (secondary N) is 1. The lowest BCUT2D eigenvalue weighted by molar-refractivity contribution is 0.0605. The fourth-order valence-corrected chi connectivity index (χ4v) is 3.12. The number of nitrogens with zero attached hydrogens (tertiary/aromatic N) is 4. The molecule has 3 rings (SSSR count). The zero-order valence-corrected chi connectivity index (χ0v) is 14.8. The van der Waals surface area contributed by atoms with Crippen molar-refractivity contribution < 1.29 is 14.3 Å². The molecule has 3 aromatic rings. The van der Waals surface area contributed by atoms with E-state index in [2.05, 4.69) is 25.3 Å². The number of halogens is 1. The van der Waals surface area contributed by atoms with Gasteiger partial charge >= 0.3 is 5.97 Å². The zero-order valence-electron chi connectivity index (χ0n) is 13.2. The minimum atomic E-state index is -0.500. The number of hydrogen-bond donors (Lipinski definition) is 1. The van der Waals surface area contributed by atoms with Crippen molar-refractivity contribution in [2.45, 2.75) is 6.92 Å². The van der Waals surface area contributed by atoms with E-state index in [9.17, 15) is 9.59 Å². The van der Waals surface area contributed by atoms with Crippen LogP contribution in [-0.4, -0.2) is 39.0 Å². The minimum absolute atomic E-state index is 0.0902. The lowest BCUT2D eigenvalue weighted by Gasteiger charge is -2.01. The lowest BCUT2D eigenvalue weighted by Crippen LogP contribution is -2.12. The molecule has 1 N–H and O–H groups in total. The average Bonchev–Trinajstić information content (AvgIpc) is 3.21. The Labute approximate surface area is 151 Å². The van der Waals surface area contributed by atoms with E-state index in [1.54, 1.807) is 31.2 Å². The SMILES string of the molecule is COC(=O)c1sc(NC(=O)c2cn(-c3ccccc3Cl)nn2)nc1C. The summed E-state index contributed by atoms with van der Waals surface area (Å²) in [5.74, 6) is -0.997. The van der Waals surface area contributed by atoms with Gasteiger partial charge in [0.2, 0.25) is 0 Å². The number of aromatic nitrogens is 4. The van der Waals surface area contributed by atoms with Crippen LogP contribution in [0.4, 0.5) is 5.13 Å². The number of aryl methyl sites for hydroxylation is 1. The third kappa shape index (κ3) is 3.52. The fraction of sp³-hybridized carbons (Fsp3) is 0.133. The van der Waals surface area contributed by atoms with Gasteiger partial charge in [0.25, 0.3) is 5.91 Å². The van der Waals surface area contributed by atoms with Crippen LogP contribution in [0.15, 0.2) is 30.5 Å². The minimum Gasteiger partial charge on any atom is -0.465 e. The van der Waals surface area contributed by atoms with E-state index >= 15 is 0 Å². The van der Waals surface area contributed by atoms with Crippen molar-refractivity contribution in [3.63, 3.8) is 0 Å². The first-order chi connectivity index (χ1) is 12.0. The Morgan fingerprint density at radius 1 is 1.32 bits per heavy atom. The normalized spacial score (nSPS) is 10.5. The van der Waals surface area contributed by atoms with E-state index in [1.807, 2.05) is 0 Å². The molecule has 0 spiro atoms. The van der Waals surface area contributed by atoms with Gasteiger partial charge in [-0.3, -0.25) is 10.1 Å². The predicted molar refractivity (Wildman–Crippen MR) is 92.5 cm³/mol. The number of benzene rings is 1. The molecule has 0 saturated carbocycles. The Morgan fingerprint density at radius 2 is 2.08 bits per heavy atom. The molecule has 1 aromatic carbocycles. The molecular formula is C15H12ClN5O3S. The Balaban J connectivity index is 1.79. The number of thiazole rings is 1. The van der Waals surface area contributed by atoms with Gasteiger partial charge in [-0.05, 0) is 19.1 Å². The Hall–Kier alpha value is -2.78. The van der Waals surface area contributed by atoms with Gasteiger partial charge in [-0.15, -0.1) is 5.10 Å². The first kappa shape index (κ1) is 17.1. The van der Waals surface area contributed by atoms with Crippen LogP contribution in [0.2, 0.25) is 5.02 Å². The Bertz CT molecular complexity index is 952.